The van der Waals surface area contributed by atoms with Gasteiger partial charge in [0.2, 0.25) is 5.82 Å². The van der Waals surface area contributed by atoms with Crippen LogP contribution in [-0.2, 0) is 4.74 Å². The number of nitrogens with two attached hydrogens (primary N) is 1. The third kappa shape index (κ3) is 7.41. The molecule has 1 aliphatic rings. The number of likely N-dealkylation sites (tertiary alicyclic amines) is 1. The third-order valence-electron chi connectivity index (χ3n) is 5.56. The molecule has 1 aliphatic heterocycles. The molecule has 2 heterocycles. The Morgan fingerprint density at radius 2 is 1.54 bits per heavy atom. The predicted molar refractivity (Wildman–Crippen MR) is 144 cm³/mol. The molecule has 0 atom stereocenters. The zero-order valence-electron chi connectivity index (χ0n) is 22.0. The smallest absolute Gasteiger partial charge is 0.410 e. The quantitative estimate of drug-likeness (QED) is 0.363. The molecule has 1 aromatic heterocycles. The van der Waals surface area contributed by atoms with Crippen molar-refractivity contribution in [2.24, 2.45) is 5.84 Å². The number of hydrogen-bond acceptors (Lipinski definition) is 8. The van der Waals surface area contributed by atoms with Gasteiger partial charge in [-0.15, -0.1) is 0 Å². The van der Waals surface area contributed by atoms with Crippen molar-refractivity contribution in [3.8, 4) is 34.5 Å². The number of nitrogens with one attached hydrogen (secondary N) is 1. The van der Waals surface area contributed by atoms with Crippen molar-refractivity contribution in [1.82, 2.24) is 14.9 Å². The van der Waals surface area contributed by atoms with Crippen LogP contribution >= 0.6 is 0 Å². The molecule has 0 saturated carbocycles. The molecule has 0 aliphatic carbocycles. The molecule has 1 fully saturated rings. The lowest BCUT2D eigenvalue weighted by molar-refractivity contribution is 0.0295. The molecule has 2 aromatic carbocycles. The highest BCUT2D eigenvalue weighted by atomic mass is 16.6. The Hall–Kier alpha value is -4.16. The molecule has 0 unspecified atom stereocenters. The Morgan fingerprint density at radius 1 is 1.00 bits per heavy atom. The first-order valence-corrected chi connectivity index (χ1v) is 12.1. The van der Waals surface area contributed by atoms with Gasteiger partial charge in [0, 0.05) is 24.2 Å². The van der Waals surface area contributed by atoms with Crippen molar-refractivity contribution >= 4 is 11.9 Å². The van der Waals surface area contributed by atoms with Crippen molar-refractivity contribution in [2.45, 2.75) is 46.1 Å². The Labute approximate surface area is 218 Å². The van der Waals surface area contributed by atoms with E-state index in [1.54, 1.807) is 17.0 Å². The van der Waals surface area contributed by atoms with Gasteiger partial charge in [0.1, 0.15) is 11.3 Å². The second-order valence-corrected chi connectivity index (χ2v) is 9.65. The van der Waals surface area contributed by atoms with Crippen LogP contribution in [0.5, 0.6) is 5.88 Å². The molecular weight excluding hydrogens is 468 g/mol. The summed E-state index contributed by atoms with van der Waals surface area (Å²) in [6, 6.07) is 17.3. The maximum absolute atomic E-state index is 11.4. The van der Waals surface area contributed by atoms with Gasteiger partial charge in [-0.05, 0) is 52.7 Å². The minimum atomic E-state index is -0.361. The first kappa shape index (κ1) is 27.4. The van der Waals surface area contributed by atoms with Crippen molar-refractivity contribution in [1.29, 1.82) is 5.26 Å². The molecule has 1 amide bonds. The zero-order chi connectivity index (χ0) is 27.0. The maximum Gasteiger partial charge on any atom is 0.410 e. The number of ether oxygens (including phenoxy) is 2. The minimum Gasteiger partial charge on any atom is -0.478 e. The van der Waals surface area contributed by atoms with E-state index < -0.39 is 0 Å². The fourth-order valence-electron chi connectivity index (χ4n) is 3.70. The Kier molecular flexibility index (Phi) is 9.04. The van der Waals surface area contributed by atoms with Gasteiger partial charge in [0.05, 0.1) is 24.4 Å². The summed E-state index contributed by atoms with van der Waals surface area (Å²) in [7, 11) is 1.51. The van der Waals surface area contributed by atoms with Gasteiger partial charge in [-0.2, -0.15) is 5.26 Å². The van der Waals surface area contributed by atoms with Crippen LogP contribution in [0, 0.1) is 18.3 Å². The van der Waals surface area contributed by atoms with E-state index in [2.05, 4.69) is 21.5 Å². The molecule has 194 valence electrons. The number of anilines is 1. The molecule has 0 bridgehead atoms. The van der Waals surface area contributed by atoms with Crippen molar-refractivity contribution < 1.29 is 14.3 Å². The van der Waals surface area contributed by atoms with E-state index in [4.69, 9.17) is 20.6 Å². The first-order chi connectivity index (χ1) is 17.6. The van der Waals surface area contributed by atoms with Crippen molar-refractivity contribution in [3.63, 3.8) is 0 Å². The van der Waals surface area contributed by atoms with Gasteiger partial charge < -0.3 is 19.8 Å². The number of aryl methyl sites for hydroxylation is 1. The van der Waals surface area contributed by atoms with E-state index in [0.29, 0.717) is 28.6 Å². The Bertz CT molecular complexity index is 1240. The SMILES string of the molecule is CC(C)(C)OC(=O)N1CCCC1.COc1nc(-c2ccc(C#N)cc2)c(-c2ccc(C)cc2)nc1NN. The molecule has 0 radical (unpaired) electrons. The fourth-order valence-corrected chi connectivity index (χ4v) is 3.70. The summed E-state index contributed by atoms with van der Waals surface area (Å²) in [6.45, 7) is 9.41. The number of hydrazine groups is 1. The van der Waals surface area contributed by atoms with Crippen LogP contribution in [0.15, 0.2) is 48.5 Å². The normalized spacial score (nSPS) is 12.7. The van der Waals surface area contributed by atoms with Gasteiger partial charge >= 0.3 is 6.09 Å². The standard InChI is InChI=1S/C19H17N5O.C9H17NO2/c1-12-3-7-14(8-4-12)16-17(15-9-5-13(11-20)6-10-15)23-19(25-2)18(22-16)24-21;1-9(2,3)12-8(11)10-6-4-5-7-10/h3-10H,21H2,1-2H3,(H,22,24);4-7H2,1-3H3. The van der Waals surface area contributed by atoms with Crippen LogP contribution in [0.2, 0.25) is 0 Å². The molecular formula is C28H34N6O3. The lowest BCUT2D eigenvalue weighted by Gasteiger charge is -2.23. The van der Waals surface area contributed by atoms with Gasteiger partial charge in [-0.1, -0.05) is 42.0 Å². The van der Waals surface area contributed by atoms with E-state index in [9.17, 15) is 4.79 Å². The van der Waals surface area contributed by atoms with Crippen molar-refractivity contribution in [3.05, 3.63) is 59.7 Å². The van der Waals surface area contributed by atoms with Crippen LogP contribution in [0.4, 0.5) is 10.6 Å². The van der Waals surface area contributed by atoms with Crippen molar-refractivity contribution in [2.75, 3.05) is 25.6 Å². The fraction of sp³-hybridized carbons (Fsp3) is 0.357. The highest BCUT2D eigenvalue weighted by Gasteiger charge is 2.24. The van der Waals surface area contributed by atoms with Gasteiger partial charge in [0.15, 0.2) is 0 Å². The molecule has 3 N–H and O–H groups in total. The van der Waals surface area contributed by atoms with Crippen LogP contribution in [0.3, 0.4) is 0 Å². The largest absolute Gasteiger partial charge is 0.478 e. The molecule has 3 aromatic rings. The summed E-state index contributed by atoms with van der Waals surface area (Å²) in [5, 5.41) is 8.99. The number of benzene rings is 2. The number of nitriles is 1. The highest BCUT2D eigenvalue weighted by molar-refractivity contribution is 5.80. The number of rotatable bonds is 4. The maximum atomic E-state index is 11.4. The highest BCUT2D eigenvalue weighted by Crippen LogP contribution is 2.34. The van der Waals surface area contributed by atoms with Crippen LogP contribution in [0.25, 0.3) is 22.5 Å². The lowest BCUT2D eigenvalue weighted by Crippen LogP contribution is -2.34. The van der Waals surface area contributed by atoms with E-state index in [1.807, 2.05) is 64.1 Å². The number of nitrogens with zero attached hydrogens (tertiary/aromatic N) is 4. The zero-order valence-corrected chi connectivity index (χ0v) is 22.0. The Balaban J connectivity index is 0.000000266. The molecule has 4 rings (SSSR count). The van der Waals surface area contributed by atoms with Crippen LogP contribution in [0.1, 0.15) is 44.7 Å². The summed E-state index contributed by atoms with van der Waals surface area (Å²) >= 11 is 0. The third-order valence-corrected chi connectivity index (χ3v) is 5.56. The number of aromatic nitrogens is 2. The van der Waals surface area contributed by atoms with Gasteiger partial charge in [-0.3, -0.25) is 0 Å². The average Bonchev–Trinajstić information content (AvgIpc) is 3.43. The summed E-state index contributed by atoms with van der Waals surface area (Å²) in [5.74, 6) is 6.22. The topological polar surface area (TPSA) is 126 Å². The lowest BCUT2D eigenvalue weighted by atomic mass is 10.0. The first-order valence-electron chi connectivity index (χ1n) is 12.1. The van der Waals surface area contributed by atoms with E-state index in [1.165, 1.54) is 7.11 Å². The molecule has 0 spiro atoms. The minimum absolute atomic E-state index is 0.167. The molecule has 1 saturated heterocycles. The monoisotopic (exact) mass is 502 g/mol. The number of carbonyl (C=O) groups excluding carboxylic acids is 1. The Morgan fingerprint density at radius 3 is 2.03 bits per heavy atom. The average molecular weight is 503 g/mol. The molecule has 9 nitrogen and oxygen atoms in total. The second-order valence-electron chi connectivity index (χ2n) is 9.65. The summed E-state index contributed by atoms with van der Waals surface area (Å²) in [5.41, 5.74) is 6.99. The summed E-state index contributed by atoms with van der Waals surface area (Å²) in [4.78, 5) is 22.3. The van der Waals surface area contributed by atoms with E-state index in [0.717, 1.165) is 42.6 Å². The van der Waals surface area contributed by atoms with E-state index >= 15 is 0 Å². The summed E-state index contributed by atoms with van der Waals surface area (Å²) in [6.07, 6.45) is 2.05. The van der Waals surface area contributed by atoms with E-state index in [-0.39, 0.29) is 11.7 Å². The molecule has 9 heteroatoms. The summed E-state index contributed by atoms with van der Waals surface area (Å²) < 4.78 is 10.5. The molecule has 37 heavy (non-hydrogen) atoms. The number of carbonyl (C=O) groups is 1. The number of methoxy groups -OCH3 is 1. The van der Waals surface area contributed by atoms with Crippen LogP contribution < -0.4 is 16.0 Å². The number of amides is 1. The predicted octanol–water partition coefficient (Wildman–Crippen LogP) is 5.30. The van der Waals surface area contributed by atoms with Gasteiger partial charge in [0.25, 0.3) is 5.88 Å². The number of hydrogen-bond donors (Lipinski definition) is 2. The second kappa shape index (κ2) is 12.2. The van der Waals surface area contributed by atoms with Gasteiger partial charge in [-0.25, -0.2) is 20.6 Å². The van der Waals surface area contributed by atoms with Crippen LogP contribution in [-0.4, -0.2) is 46.8 Å². The number of nitrogen functional groups attached to an aromatic ring is 1.